The van der Waals surface area contributed by atoms with Crippen molar-refractivity contribution in [2.75, 3.05) is 13.1 Å². The van der Waals surface area contributed by atoms with Crippen molar-refractivity contribution in [3.8, 4) is 0 Å². The highest BCUT2D eigenvalue weighted by molar-refractivity contribution is 6.35. The Labute approximate surface area is 258 Å². The highest BCUT2D eigenvalue weighted by Gasteiger charge is 2.39. The van der Waals surface area contributed by atoms with E-state index in [1.807, 2.05) is 30.3 Å². The normalized spacial score (nSPS) is 16.3. The number of unbranched alkanes of at least 4 members (excludes halogenated alkanes) is 1. The van der Waals surface area contributed by atoms with Gasteiger partial charge in [0.1, 0.15) is 23.3 Å². The molecule has 13 heteroatoms. The maximum atomic E-state index is 13.7. The smallest absolute Gasteiger partial charge is 0.408 e. The van der Waals surface area contributed by atoms with Gasteiger partial charge in [0.25, 0.3) is 5.78 Å². The fourth-order valence-corrected chi connectivity index (χ4v) is 4.67. The van der Waals surface area contributed by atoms with E-state index < -0.39 is 65.1 Å². The van der Waals surface area contributed by atoms with Crippen molar-refractivity contribution in [1.82, 2.24) is 20.9 Å². The average molecular weight is 619 g/mol. The lowest BCUT2D eigenvalue weighted by molar-refractivity contribution is -0.151. The summed E-state index contributed by atoms with van der Waals surface area (Å²) in [5.41, 5.74) is -0.663. The molecule has 44 heavy (non-hydrogen) atoms. The molecule has 3 atom stereocenters. The second kappa shape index (κ2) is 16.1. The number of nitrogens with one attached hydrogen (secondary N) is 3. The van der Waals surface area contributed by atoms with Gasteiger partial charge in [-0.05, 0) is 79.2 Å². The van der Waals surface area contributed by atoms with E-state index in [2.05, 4.69) is 16.0 Å². The Morgan fingerprint density at radius 2 is 1.50 bits per heavy atom. The number of benzene rings is 1. The SMILES string of the molecule is CC(C)(C)OC(=O)NCCCC[C@H](NC(=O)[C@@H]1CCCN1C(=O)[C@@H](Cc1ccccc1)NC(=O)OC(C)(C)C)C(=O)C(=O)O. The van der Waals surface area contributed by atoms with Crippen molar-refractivity contribution in [2.24, 2.45) is 0 Å². The predicted molar refractivity (Wildman–Crippen MR) is 161 cm³/mol. The molecular weight excluding hydrogens is 572 g/mol. The van der Waals surface area contributed by atoms with Crippen LogP contribution in [0.2, 0.25) is 0 Å². The number of carbonyl (C=O) groups is 6. The summed E-state index contributed by atoms with van der Waals surface area (Å²) in [6.45, 7) is 10.8. The van der Waals surface area contributed by atoms with Crippen LogP contribution in [0, 0.1) is 0 Å². The van der Waals surface area contributed by atoms with Gasteiger partial charge in [-0.3, -0.25) is 14.4 Å². The summed E-state index contributed by atoms with van der Waals surface area (Å²) < 4.78 is 10.5. The molecule has 4 N–H and O–H groups in total. The predicted octanol–water partition coefficient (Wildman–Crippen LogP) is 2.95. The van der Waals surface area contributed by atoms with Crippen LogP contribution < -0.4 is 16.0 Å². The van der Waals surface area contributed by atoms with Gasteiger partial charge in [0, 0.05) is 19.5 Å². The van der Waals surface area contributed by atoms with Crippen LogP contribution in [-0.2, 0) is 35.1 Å². The van der Waals surface area contributed by atoms with Gasteiger partial charge in [0.15, 0.2) is 0 Å². The third kappa shape index (κ3) is 12.6. The molecule has 0 aromatic heterocycles. The summed E-state index contributed by atoms with van der Waals surface area (Å²) in [6, 6.07) is 5.77. The Morgan fingerprint density at radius 1 is 0.886 bits per heavy atom. The number of hydrogen-bond donors (Lipinski definition) is 4. The lowest BCUT2D eigenvalue weighted by atomic mass is 10.0. The van der Waals surface area contributed by atoms with Crippen LogP contribution in [0.5, 0.6) is 0 Å². The largest absolute Gasteiger partial charge is 0.475 e. The summed E-state index contributed by atoms with van der Waals surface area (Å²) in [5, 5.41) is 17.1. The molecule has 1 heterocycles. The highest BCUT2D eigenvalue weighted by atomic mass is 16.6. The fraction of sp³-hybridized carbons (Fsp3) is 0.613. The molecule has 1 aromatic rings. The van der Waals surface area contributed by atoms with Crippen molar-refractivity contribution in [3.63, 3.8) is 0 Å². The number of ether oxygens (including phenoxy) is 2. The number of nitrogens with zero attached hydrogens (tertiary/aromatic N) is 1. The molecular formula is C31H46N4O9. The molecule has 2 rings (SSSR count). The van der Waals surface area contributed by atoms with E-state index in [1.165, 1.54) is 4.90 Å². The van der Waals surface area contributed by atoms with E-state index in [9.17, 15) is 33.9 Å². The quantitative estimate of drug-likeness (QED) is 0.191. The molecule has 0 saturated carbocycles. The molecule has 1 fully saturated rings. The van der Waals surface area contributed by atoms with E-state index >= 15 is 0 Å². The first-order valence-electron chi connectivity index (χ1n) is 14.8. The molecule has 1 aromatic carbocycles. The number of carboxylic acid groups (broad SMARTS) is 1. The number of hydrogen-bond acceptors (Lipinski definition) is 8. The van der Waals surface area contributed by atoms with Crippen molar-refractivity contribution >= 4 is 35.8 Å². The Hall–Kier alpha value is -4.16. The van der Waals surface area contributed by atoms with Crippen molar-refractivity contribution < 1.29 is 43.3 Å². The molecule has 0 spiro atoms. The molecule has 1 saturated heterocycles. The topological polar surface area (TPSA) is 180 Å². The minimum absolute atomic E-state index is 0.0182. The lowest BCUT2D eigenvalue weighted by Crippen LogP contribution is -2.56. The molecule has 13 nitrogen and oxygen atoms in total. The van der Waals surface area contributed by atoms with Crippen molar-refractivity contribution in [1.29, 1.82) is 0 Å². The number of carbonyl (C=O) groups excluding carboxylic acids is 5. The molecule has 0 unspecified atom stereocenters. The zero-order valence-corrected chi connectivity index (χ0v) is 26.4. The third-order valence-electron chi connectivity index (χ3n) is 6.54. The summed E-state index contributed by atoms with van der Waals surface area (Å²) in [4.78, 5) is 76.8. The Kier molecular flexibility index (Phi) is 13.2. The van der Waals surface area contributed by atoms with Gasteiger partial charge >= 0.3 is 18.2 Å². The molecule has 0 radical (unpaired) electrons. The standard InChI is InChI=1S/C31H46N4O9/c1-30(2,3)43-28(41)32-17-11-10-15-21(24(36)27(39)40)33-25(37)23-16-12-18-35(23)26(38)22(19-20-13-8-7-9-14-20)34-29(42)44-31(4,5)6/h7-9,13-14,21-23H,10-12,15-19H2,1-6H3,(H,32,41)(H,33,37)(H,34,42)(H,39,40)/t21-,22+,23-/m0/s1. The second-order valence-corrected chi connectivity index (χ2v) is 12.7. The van der Waals surface area contributed by atoms with Gasteiger partial charge in [-0.1, -0.05) is 30.3 Å². The summed E-state index contributed by atoms with van der Waals surface area (Å²) in [6.07, 6.45) is 0.335. The molecule has 0 bridgehead atoms. The van der Waals surface area contributed by atoms with Crippen LogP contribution in [-0.4, -0.2) is 88.2 Å². The number of alkyl carbamates (subject to hydrolysis) is 2. The second-order valence-electron chi connectivity index (χ2n) is 12.7. The first-order chi connectivity index (χ1) is 20.5. The molecule has 1 aliphatic rings. The Morgan fingerprint density at radius 3 is 2.09 bits per heavy atom. The van der Waals surface area contributed by atoms with E-state index in [0.29, 0.717) is 25.7 Å². The minimum atomic E-state index is -1.69. The van der Waals surface area contributed by atoms with Gasteiger partial charge in [0.2, 0.25) is 11.8 Å². The van der Waals surface area contributed by atoms with Crippen LogP contribution in [0.25, 0.3) is 0 Å². The number of Topliss-reactive ketones (excluding diaryl/α,β-unsaturated/α-hetero) is 1. The van der Waals surface area contributed by atoms with Crippen molar-refractivity contribution in [2.45, 2.75) is 109 Å². The number of amides is 4. The molecule has 244 valence electrons. The van der Waals surface area contributed by atoms with E-state index in [-0.39, 0.29) is 25.9 Å². The number of aliphatic carboxylic acids is 1. The van der Waals surface area contributed by atoms with Crippen LogP contribution in [0.4, 0.5) is 9.59 Å². The Bertz CT molecular complexity index is 1170. The van der Waals surface area contributed by atoms with Gasteiger partial charge in [-0.2, -0.15) is 0 Å². The number of likely N-dealkylation sites (tertiary alicyclic amines) is 1. The maximum Gasteiger partial charge on any atom is 0.408 e. The van der Waals surface area contributed by atoms with Gasteiger partial charge in [-0.25, -0.2) is 14.4 Å². The summed E-state index contributed by atoms with van der Waals surface area (Å²) in [5.74, 6) is -4.02. The maximum absolute atomic E-state index is 13.7. The Balaban J connectivity index is 2.09. The van der Waals surface area contributed by atoms with Crippen molar-refractivity contribution in [3.05, 3.63) is 35.9 Å². The lowest BCUT2D eigenvalue weighted by Gasteiger charge is -2.30. The fourth-order valence-electron chi connectivity index (χ4n) is 4.67. The summed E-state index contributed by atoms with van der Waals surface area (Å²) >= 11 is 0. The van der Waals surface area contributed by atoms with Gasteiger partial charge in [0.05, 0.1) is 6.04 Å². The monoisotopic (exact) mass is 618 g/mol. The average Bonchev–Trinajstić information content (AvgIpc) is 3.39. The molecule has 1 aliphatic heterocycles. The minimum Gasteiger partial charge on any atom is -0.475 e. The zero-order valence-electron chi connectivity index (χ0n) is 26.4. The highest BCUT2D eigenvalue weighted by Crippen LogP contribution is 2.21. The summed E-state index contributed by atoms with van der Waals surface area (Å²) in [7, 11) is 0. The van der Waals surface area contributed by atoms with Crippen LogP contribution in [0.15, 0.2) is 30.3 Å². The van der Waals surface area contributed by atoms with Crippen LogP contribution in [0.3, 0.4) is 0 Å². The first-order valence-corrected chi connectivity index (χ1v) is 14.8. The van der Waals surface area contributed by atoms with Crippen LogP contribution in [0.1, 0.15) is 79.2 Å². The first kappa shape index (κ1) is 36.0. The number of rotatable bonds is 13. The zero-order chi connectivity index (χ0) is 33.1. The van der Waals surface area contributed by atoms with Crippen LogP contribution >= 0.6 is 0 Å². The molecule has 4 amide bonds. The van der Waals surface area contributed by atoms with E-state index in [4.69, 9.17) is 9.47 Å². The van der Waals surface area contributed by atoms with Gasteiger partial charge in [-0.15, -0.1) is 0 Å². The number of ketones is 1. The third-order valence-corrected chi connectivity index (χ3v) is 6.54. The van der Waals surface area contributed by atoms with E-state index in [0.717, 1.165) is 5.56 Å². The van der Waals surface area contributed by atoms with Gasteiger partial charge < -0.3 is 35.4 Å². The molecule has 0 aliphatic carbocycles. The van der Waals surface area contributed by atoms with E-state index in [1.54, 1.807) is 41.5 Å². The number of carboxylic acids is 1.